The van der Waals surface area contributed by atoms with Gasteiger partial charge in [0, 0.05) is 18.7 Å². The molecule has 0 amide bonds. The summed E-state index contributed by atoms with van der Waals surface area (Å²) in [6.07, 6.45) is 1.28. The molecule has 10 heteroatoms. The minimum Gasteiger partial charge on any atom is -0.332 e. The number of rotatable bonds is 6. The second-order valence-corrected chi connectivity index (χ2v) is 7.49. The Morgan fingerprint density at radius 3 is 2.41 bits per heavy atom. The van der Waals surface area contributed by atoms with Gasteiger partial charge in [-0.05, 0) is 25.0 Å². The molecule has 0 fully saturated rings. The Balaban J connectivity index is 2.30. The predicted octanol–water partition coefficient (Wildman–Crippen LogP) is 2.03. The number of imidazole rings is 1. The van der Waals surface area contributed by atoms with Gasteiger partial charge in [-0.2, -0.15) is 8.42 Å². The van der Waals surface area contributed by atoms with Gasteiger partial charge in [0.15, 0.2) is 5.65 Å². The molecule has 1 aromatic carbocycles. The molecule has 0 bridgehead atoms. The summed E-state index contributed by atoms with van der Waals surface area (Å²) in [5.41, 5.74) is -0.281. The van der Waals surface area contributed by atoms with Crippen LogP contribution in [0.25, 0.3) is 22.6 Å². The molecule has 144 valence electrons. The summed E-state index contributed by atoms with van der Waals surface area (Å²) in [6.45, 7) is 4.42. The van der Waals surface area contributed by atoms with Crippen molar-refractivity contribution in [3.63, 3.8) is 0 Å². The lowest BCUT2D eigenvalue weighted by molar-refractivity contribution is 0.552. The van der Waals surface area contributed by atoms with Crippen molar-refractivity contribution >= 4 is 21.4 Å². The number of halogens is 1. The summed E-state index contributed by atoms with van der Waals surface area (Å²) in [5.74, 6) is 0.186. The van der Waals surface area contributed by atoms with E-state index in [9.17, 15) is 21.9 Å². The number of aryl methyl sites for hydroxylation is 1. The Kier molecular flexibility index (Phi) is 5.01. The second kappa shape index (κ2) is 7.10. The topological polar surface area (TPSA) is 107 Å². The average Bonchev–Trinajstić information content (AvgIpc) is 3.07. The molecular weight excluding hydrogens is 375 g/mol. The Labute approximate surface area is 154 Å². The molecule has 0 aliphatic carbocycles. The highest BCUT2D eigenvalue weighted by atomic mass is 32.3. The van der Waals surface area contributed by atoms with Gasteiger partial charge >= 0.3 is 15.9 Å². The molecule has 0 radical (unpaired) electrons. The fourth-order valence-corrected chi connectivity index (χ4v) is 3.45. The first kappa shape index (κ1) is 19.0. The van der Waals surface area contributed by atoms with Crippen LogP contribution in [-0.4, -0.2) is 27.5 Å². The summed E-state index contributed by atoms with van der Waals surface area (Å²) in [7, 11) is -4.87. The van der Waals surface area contributed by atoms with Gasteiger partial charge in [-0.1, -0.05) is 26.0 Å². The minimum atomic E-state index is -4.87. The normalized spacial score (nSPS) is 12.0. The van der Waals surface area contributed by atoms with Crippen LogP contribution in [0.2, 0.25) is 0 Å². The highest BCUT2D eigenvalue weighted by Gasteiger charge is 2.19. The highest BCUT2D eigenvalue weighted by Crippen LogP contribution is 2.22. The van der Waals surface area contributed by atoms with Crippen LogP contribution in [0.3, 0.4) is 0 Å². The second-order valence-electron chi connectivity index (χ2n) is 6.14. The third-order valence-corrected chi connectivity index (χ3v) is 4.96. The van der Waals surface area contributed by atoms with Crippen molar-refractivity contribution in [2.24, 2.45) is 0 Å². The SMILES string of the molecule is CCCn1c(=O)c2[nH]c(-c3cccc(S(=O)(=O)F)c3)nc2n(CCC)c1=O. The summed E-state index contributed by atoms with van der Waals surface area (Å²) < 4.78 is 38.2. The van der Waals surface area contributed by atoms with E-state index in [1.54, 1.807) is 6.07 Å². The van der Waals surface area contributed by atoms with Gasteiger partial charge in [0.2, 0.25) is 0 Å². The molecule has 0 aliphatic heterocycles. The number of benzene rings is 1. The molecule has 0 spiro atoms. The number of aromatic nitrogens is 4. The predicted molar refractivity (Wildman–Crippen MR) is 98.9 cm³/mol. The number of aromatic amines is 1. The van der Waals surface area contributed by atoms with Crippen molar-refractivity contribution in [1.82, 2.24) is 19.1 Å². The number of hydrogen-bond donors (Lipinski definition) is 1. The zero-order valence-corrected chi connectivity index (χ0v) is 15.7. The largest absolute Gasteiger partial charge is 0.332 e. The lowest BCUT2D eigenvalue weighted by Gasteiger charge is -2.09. The van der Waals surface area contributed by atoms with Crippen molar-refractivity contribution in [2.45, 2.75) is 44.7 Å². The van der Waals surface area contributed by atoms with Gasteiger partial charge < -0.3 is 4.98 Å². The van der Waals surface area contributed by atoms with Crippen LogP contribution in [0, 0.1) is 0 Å². The molecule has 0 saturated carbocycles. The zero-order valence-electron chi connectivity index (χ0n) is 14.9. The van der Waals surface area contributed by atoms with Gasteiger partial charge in [0.25, 0.3) is 5.56 Å². The van der Waals surface area contributed by atoms with Crippen molar-refractivity contribution < 1.29 is 12.3 Å². The van der Waals surface area contributed by atoms with E-state index in [4.69, 9.17) is 0 Å². The van der Waals surface area contributed by atoms with E-state index in [-0.39, 0.29) is 23.5 Å². The fourth-order valence-electron chi connectivity index (χ4n) is 2.94. The molecule has 8 nitrogen and oxygen atoms in total. The Morgan fingerprint density at radius 1 is 1.11 bits per heavy atom. The molecule has 3 rings (SSSR count). The van der Waals surface area contributed by atoms with Crippen LogP contribution in [0.1, 0.15) is 26.7 Å². The van der Waals surface area contributed by atoms with Crippen molar-refractivity contribution in [2.75, 3.05) is 0 Å². The Bertz CT molecular complexity index is 1220. The average molecular weight is 394 g/mol. The highest BCUT2D eigenvalue weighted by molar-refractivity contribution is 7.86. The maximum atomic E-state index is 13.3. The maximum Gasteiger partial charge on any atom is 0.332 e. The number of H-pyrrole nitrogens is 1. The summed E-state index contributed by atoms with van der Waals surface area (Å²) in [5, 5.41) is 0. The van der Waals surface area contributed by atoms with Crippen molar-refractivity contribution in [1.29, 1.82) is 0 Å². The van der Waals surface area contributed by atoms with Crippen LogP contribution in [-0.2, 0) is 23.3 Å². The van der Waals surface area contributed by atoms with E-state index in [2.05, 4.69) is 9.97 Å². The van der Waals surface area contributed by atoms with Crippen molar-refractivity contribution in [3.05, 3.63) is 45.1 Å². The quantitative estimate of drug-likeness (QED) is 0.644. The maximum absolute atomic E-state index is 13.3. The minimum absolute atomic E-state index is 0.153. The van der Waals surface area contributed by atoms with E-state index in [1.165, 1.54) is 10.6 Å². The molecule has 0 unspecified atom stereocenters. The third kappa shape index (κ3) is 3.44. The van der Waals surface area contributed by atoms with Crippen LogP contribution >= 0.6 is 0 Å². The van der Waals surface area contributed by atoms with Crippen LogP contribution < -0.4 is 11.2 Å². The lowest BCUT2D eigenvalue weighted by Crippen LogP contribution is -2.40. The smallest absolute Gasteiger partial charge is 0.332 e. The molecular formula is C17H19FN4O4S. The molecule has 3 aromatic rings. The van der Waals surface area contributed by atoms with Gasteiger partial charge in [-0.15, -0.1) is 3.89 Å². The van der Waals surface area contributed by atoms with Crippen LogP contribution in [0.15, 0.2) is 38.8 Å². The molecule has 1 N–H and O–H groups in total. The van der Waals surface area contributed by atoms with E-state index >= 15 is 0 Å². The van der Waals surface area contributed by atoms with Crippen LogP contribution in [0.5, 0.6) is 0 Å². The monoisotopic (exact) mass is 394 g/mol. The molecule has 2 aromatic heterocycles. The summed E-state index contributed by atoms with van der Waals surface area (Å²) in [4.78, 5) is 32.0. The summed E-state index contributed by atoms with van der Waals surface area (Å²) >= 11 is 0. The molecule has 2 heterocycles. The van der Waals surface area contributed by atoms with E-state index < -0.39 is 26.4 Å². The van der Waals surface area contributed by atoms with Gasteiger partial charge in [-0.25, -0.2) is 9.78 Å². The van der Waals surface area contributed by atoms with E-state index in [1.807, 2.05) is 13.8 Å². The van der Waals surface area contributed by atoms with E-state index in [0.717, 1.165) is 16.7 Å². The standard InChI is InChI=1S/C17H19FN4O4S/c1-3-8-21-15-13(16(23)22(9-4-2)17(21)24)19-14(20-15)11-6-5-7-12(10-11)27(18,25)26/h5-7,10H,3-4,8-9H2,1-2H3,(H,19,20). The first-order valence-corrected chi connectivity index (χ1v) is 9.94. The van der Waals surface area contributed by atoms with Crippen LogP contribution in [0.4, 0.5) is 3.89 Å². The van der Waals surface area contributed by atoms with E-state index in [0.29, 0.717) is 24.9 Å². The molecule has 27 heavy (non-hydrogen) atoms. The molecule has 0 aliphatic rings. The number of fused-ring (bicyclic) bond motifs is 1. The number of nitrogens with zero attached hydrogens (tertiary/aromatic N) is 3. The zero-order chi connectivity index (χ0) is 19.8. The van der Waals surface area contributed by atoms with Gasteiger partial charge in [-0.3, -0.25) is 13.9 Å². The number of nitrogens with one attached hydrogen (secondary N) is 1. The first-order chi connectivity index (χ1) is 12.8. The third-order valence-electron chi connectivity index (χ3n) is 4.14. The number of hydrogen-bond acceptors (Lipinski definition) is 5. The van der Waals surface area contributed by atoms with Gasteiger partial charge in [0.1, 0.15) is 11.3 Å². The first-order valence-electron chi connectivity index (χ1n) is 8.56. The Hall–Kier alpha value is -2.75. The van der Waals surface area contributed by atoms with Gasteiger partial charge in [0.05, 0.1) is 4.90 Å². The fraction of sp³-hybridized carbons (Fsp3) is 0.353. The molecule has 0 atom stereocenters. The lowest BCUT2D eigenvalue weighted by atomic mass is 10.2. The summed E-state index contributed by atoms with van der Waals surface area (Å²) in [6, 6.07) is 5.17. The Morgan fingerprint density at radius 2 is 1.78 bits per heavy atom. The molecule has 0 saturated heterocycles. The van der Waals surface area contributed by atoms with Crippen molar-refractivity contribution in [3.8, 4) is 11.4 Å².